The van der Waals surface area contributed by atoms with Gasteiger partial charge in [-0.1, -0.05) is 18.2 Å². The van der Waals surface area contributed by atoms with E-state index in [1.807, 2.05) is 18.4 Å². The minimum absolute atomic E-state index is 0.267. The van der Waals surface area contributed by atoms with Crippen molar-refractivity contribution >= 4 is 23.2 Å². The summed E-state index contributed by atoms with van der Waals surface area (Å²) in [6, 6.07) is 11.4. The molecular weight excluding hydrogens is 500 g/mol. The van der Waals surface area contributed by atoms with E-state index in [9.17, 15) is 35.1 Å². The number of nitrogens with zero attached hydrogens (tertiary/aromatic N) is 2. The Kier molecular flexibility index (Phi) is 6.56. The van der Waals surface area contributed by atoms with Crippen LogP contribution in [-0.4, -0.2) is 24.1 Å². The Bertz CT molecular complexity index is 1270. The fourth-order valence-corrected chi connectivity index (χ4v) is 4.17. The highest BCUT2D eigenvalue weighted by molar-refractivity contribution is 7.98. The van der Waals surface area contributed by atoms with Crippen molar-refractivity contribution in [2.45, 2.75) is 29.5 Å². The molecule has 1 heterocycles. The monoisotopic (exact) mass is 516 g/mol. The summed E-state index contributed by atoms with van der Waals surface area (Å²) in [5.41, 5.74) is -1.34. The molecule has 0 radical (unpaired) electrons. The average Bonchev–Trinajstić information content (AvgIpc) is 3.24. The van der Waals surface area contributed by atoms with Gasteiger partial charge in [0.2, 0.25) is 0 Å². The predicted octanol–water partition coefficient (Wildman–Crippen LogP) is 8.00. The zero-order valence-electron chi connectivity index (χ0n) is 17.9. The predicted molar refractivity (Wildman–Crippen MR) is 118 cm³/mol. The number of halogens is 8. The summed E-state index contributed by atoms with van der Waals surface area (Å²) in [6.07, 6.45) is -5.12. The van der Waals surface area contributed by atoms with E-state index in [-0.39, 0.29) is 5.56 Å². The molecule has 0 fully saturated rings. The Morgan fingerprint density at radius 3 is 2.09 bits per heavy atom. The fraction of sp³-hybridized carbons (Fsp3) is 0.208. The van der Waals surface area contributed by atoms with Gasteiger partial charge in [-0.3, -0.25) is 5.01 Å². The van der Waals surface area contributed by atoms with Crippen LogP contribution in [0, 0.1) is 17.5 Å². The fourth-order valence-electron chi connectivity index (χ4n) is 3.76. The third-order valence-electron chi connectivity index (χ3n) is 5.56. The van der Waals surface area contributed by atoms with Crippen LogP contribution in [-0.2, 0) is 0 Å². The summed E-state index contributed by atoms with van der Waals surface area (Å²) in [5, 5.41) is 3.90. The lowest BCUT2D eigenvalue weighted by molar-refractivity contribution is -0.249. The molecule has 184 valence electrons. The maximum absolute atomic E-state index is 14.9. The van der Waals surface area contributed by atoms with Crippen LogP contribution in [0.4, 0.5) is 40.8 Å². The molecule has 0 aliphatic carbocycles. The molecule has 1 aliphatic rings. The molecule has 3 aromatic carbocycles. The summed E-state index contributed by atoms with van der Waals surface area (Å²) >= 11 is 1.50. The lowest BCUT2D eigenvalue weighted by Crippen LogP contribution is -2.43. The third kappa shape index (κ3) is 4.73. The topological polar surface area (TPSA) is 15.6 Å². The van der Waals surface area contributed by atoms with Crippen LogP contribution >= 0.6 is 11.8 Å². The summed E-state index contributed by atoms with van der Waals surface area (Å²) < 4.78 is 110. The zero-order valence-corrected chi connectivity index (χ0v) is 18.7. The number of hydrogen-bond acceptors (Lipinski definition) is 3. The van der Waals surface area contributed by atoms with Gasteiger partial charge in [-0.15, -0.1) is 11.8 Å². The van der Waals surface area contributed by atoms with Crippen molar-refractivity contribution in [2.75, 3.05) is 11.3 Å². The van der Waals surface area contributed by atoms with E-state index in [0.29, 0.717) is 22.2 Å². The smallest absolute Gasteiger partial charge is 0.254 e. The highest BCUT2D eigenvalue weighted by Crippen LogP contribution is 2.46. The van der Waals surface area contributed by atoms with Crippen molar-refractivity contribution < 1.29 is 35.1 Å². The van der Waals surface area contributed by atoms with Crippen LogP contribution < -0.4 is 5.01 Å². The van der Waals surface area contributed by atoms with Crippen LogP contribution in [0.1, 0.15) is 18.0 Å². The van der Waals surface area contributed by atoms with Gasteiger partial charge in [0.25, 0.3) is 0 Å². The second-order valence-electron chi connectivity index (χ2n) is 7.74. The highest BCUT2D eigenvalue weighted by atomic mass is 32.2. The first-order valence-electron chi connectivity index (χ1n) is 10.1. The standard InChI is InChI=1S/C24H16F8N2S/c1-35-16-6-2-13(3-7-16)14-4-8-18(26)17(10-14)21-12-22(23(28,29)24(30,31)32)33-34(21)20-9-5-15(25)11-19(20)27/h2-11,21H,12H2,1H3. The Hall–Kier alpha value is -3.08. The van der Waals surface area contributed by atoms with Gasteiger partial charge in [0.15, 0.2) is 5.82 Å². The molecule has 1 unspecified atom stereocenters. The molecule has 0 spiro atoms. The van der Waals surface area contributed by atoms with E-state index in [1.54, 1.807) is 12.1 Å². The number of rotatable bonds is 5. The molecular formula is C24H16F8N2S. The van der Waals surface area contributed by atoms with Gasteiger partial charge < -0.3 is 0 Å². The van der Waals surface area contributed by atoms with Crippen molar-refractivity contribution in [1.29, 1.82) is 0 Å². The van der Waals surface area contributed by atoms with E-state index >= 15 is 0 Å². The summed E-state index contributed by atoms with van der Waals surface area (Å²) in [7, 11) is 0. The van der Waals surface area contributed by atoms with Gasteiger partial charge in [0.1, 0.15) is 17.3 Å². The van der Waals surface area contributed by atoms with Crippen molar-refractivity contribution in [2.24, 2.45) is 5.10 Å². The molecule has 4 rings (SSSR count). The molecule has 0 aromatic heterocycles. The molecule has 0 amide bonds. The van der Waals surface area contributed by atoms with Gasteiger partial charge in [-0.25, -0.2) is 13.2 Å². The van der Waals surface area contributed by atoms with Crippen molar-refractivity contribution in [3.8, 4) is 11.1 Å². The molecule has 2 nitrogen and oxygen atoms in total. The third-order valence-corrected chi connectivity index (χ3v) is 6.31. The second-order valence-corrected chi connectivity index (χ2v) is 8.62. The first kappa shape index (κ1) is 25.0. The Morgan fingerprint density at radius 1 is 0.829 bits per heavy atom. The molecule has 3 aromatic rings. The van der Waals surface area contributed by atoms with E-state index in [4.69, 9.17) is 0 Å². The van der Waals surface area contributed by atoms with Crippen molar-refractivity contribution in [3.63, 3.8) is 0 Å². The maximum atomic E-state index is 14.9. The molecule has 0 saturated carbocycles. The first-order valence-corrected chi connectivity index (χ1v) is 11.4. The molecule has 0 saturated heterocycles. The van der Waals surface area contributed by atoms with Gasteiger partial charge in [0.05, 0.1) is 11.7 Å². The van der Waals surface area contributed by atoms with E-state index in [2.05, 4.69) is 5.10 Å². The second kappa shape index (κ2) is 9.18. The lowest BCUT2D eigenvalue weighted by Gasteiger charge is -2.25. The molecule has 35 heavy (non-hydrogen) atoms. The van der Waals surface area contributed by atoms with Gasteiger partial charge in [0, 0.05) is 22.9 Å². The summed E-state index contributed by atoms with van der Waals surface area (Å²) in [4.78, 5) is 0.956. The molecule has 11 heteroatoms. The number of benzene rings is 3. The quantitative estimate of drug-likeness (QED) is 0.252. The first-order chi connectivity index (χ1) is 16.4. The highest BCUT2D eigenvalue weighted by Gasteiger charge is 2.63. The van der Waals surface area contributed by atoms with Crippen LogP contribution in [0.25, 0.3) is 11.1 Å². The normalized spacial score (nSPS) is 16.5. The molecule has 1 aliphatic heterocycles. The molecule has 1 atom stereocenters. The zero-order chi connectivity index (χ0) is 25.5. The summed E-state index contributed by atoms with van der Waals surface area (Å²) in [6.45, 7) is 0. The van der Waals surface area contributed by atoms with Gasteiger partial charge in [-0.05, 0) is 53.8 Å². The molecule has 0 N–H and O–H groups in total. The minimum atomic E-state index is -5.97. The number of thioether (sulfide) groups is 1. The minimum Gasteiger partial charge on any atom is -0.254 e. The number of hydrogen-bond donors (Lipinski definition) is 0. The van der Waals surface area contributed by atoms with E-state index in [0.717, 1.165) is 23.1 Å². The van der Waals surface area contributed by atoms with Crippen LogP contribution in [0.3, 0.4) is 0 Å². The summed E-state index contributed by atoms with van der Waals surface area (Å²) in [5.74, 6) is -8.48. The lowest BCUT2D eigenvalue weighted by atomic mass is 9.94. The number of anilines is 1. The SMILES string of the molecule is CSc1ccc(-c2ccc(F)c(C3CC(C(F)(F)C(F)(F)F)=NN3c3ccc(F)cc3F)c2)cc1. The van der Waals surface area contributed by atoms with E-state index in [1.165, 1.54) is 23.9 Å². The Morgan fingerprint density at radius 2 is 1.49 bits per heavy atom. The molecule has 0 bridgehead atoms. The van der Waals surface area contributed by atoms with Crippen LogP contribution in [0.15, 0.2) is 70.7 Å². The van der Waals surface area contributed by atoms with Crippen molar-refractivity contribution in [3.05, 3.63) is 83.7 Å². The van der Waals surface area contributed by atoms with E-state index < -0.39 is 53.4 Å². The van der Waals surface area contributed by atoms with Crippen LogP contribution in [0.5, 0.6) is 0 Å². The Balaban J connectivity index is 1.82. The maximum Gasteiger partial charge on any atom is 0.459 e. The number of alkyl halides is 5. The Labute approximate surface area is 199 Å². The van der Waals surface area contributed by atoms with Gasteiger partial charge >= 0.3 is 12.1 Å². The number of hydrazone groups is 1. The largest absolute Gasteiger partial charge is 0.459 e. The van der Waals surface area contributed by atoms with Crippen molar-refractivity contribution in [1.82, 2.24) is 0 Å². The van der Waals surface area contributed by atoms with Crippen LogP contribution in [0.2, 0.25) is 0 Å². The van der Waals surface area contributed by atoms with Gasteiger partial charge in [-0.2, -0.15) is 27.1 Å². The average molecular weight is 516 g/mol.